The largest absolute Gasteiger partial charge is 0.369 e. The zero-order valence-electron chi connectivity index (χ0n) is 11.5. The molecule has 1 aromatic rings. The van der Waals surface area contributed by atoms with Crippen LogP contribution in [-0.4, -0.2) is 55.1 Å². The van der Waals surface area contributed by atoms with E-state index in [0.29, 0.717) is 6.04 Å². The Hall–Kier alpha value is -1.66. The van der Waals surface area contributed by atoms with Crippen LogP contribution >= 0.6 is 0 Å². The highest BCUT2D eigenvalue weighted by Gasteiger charge is 2.26. The first kappa shape index (κ1) is 13.3. The Bertz CT molecular complexity index is 463. The van der Waals surface area contributed by atoms with Crippen molar-refractivity contribution in [3.63, 3.8) is 0 Å². The van der Waals surface area contributed by atoms with E-state index in [2.05, 4.69) is 15.1 Å². The summed E-state index contributed by atoms with van der Waals surface area (Å²) < 4.78 is 0. The summed E-state index contributed by atoms with van der Waals surface area (Å²) >= 11 is 0. The van der Waals surface area contributed by atoms with Gasteiger partial charge in [0.1, 0.15) is 0 Å². The van der Waals surface area contributed by atoms with Crippen molar-refractivity contribution in [2.24, 2.45) is 0 Å². The zero-order chi connectivity index (χ0) is 13.9. The number of hydrogen-bond acceptors (Lipinski definition) is 5. The Morgan fingerprint density at radius 3 is 2.40 bits per heavy atom. The number of nitrogens with one attached hydrogen (secondary N) is 1. The van der Waals surface area contributed by atoms with Crippen LogP contribution in [0.4, 0.5) is 11.4 Å². The molecule has 1 atom stereocenters. The number of nitrogens with zero attached hydrogens (tertiary/aromatic N) is 3. The number of anilines is 1. The maximum atomic E-state index is 10.7. The molecule has 0 aromatic heterocycles. The van der Waals surface area contributed by atoms with Crippen LogP contribution in [0.2, 0.25) is 0 Å². The molecule has 3 rings (SSSR count). The first-order chi connectivity index (χ1) is 9.74. The Labute approximate surface area is 118 Å². The van der Waals surface area contributed by atoms with E-state index in [1.54, 1.807) is 12.1 Å². The molecule has 1 N–H and O–H groups in total. The normalized spacial score (nSPS) is 24.0. The molecule has 0 radical (unpaired) electrons. The number of piperazine rings is 1. The van der Waals surface area contributed by atoms with Crippen LogP contribution in [0.5, 0.6) is 0 Å². The van der Waals surface area contributed by atoms with Crippen LogP contribution in [0.1, 0.15) is 6.42 Å². The monoisotopic (exact) mass is 276 g/mol. The molecule has 2 saturated heterocycles. The third-order valence-corrected chi connectivity index (χ3v) is 4.29. The fraction of sp³-hybridized carbons (Fsp3) is 0.571. The van der Waals surface area contributed by atoms with Gasteiger partial charge >= 0.3 is 0 Å². The summed E-state index contributed by atoms with van der Waals surface area (Å²) in [7, 11) is 0. The lowest BCUT2D eigenvalue weighted by molar-refractivity contribution is -0.384. The van der Waals surface area contributed by atoms with Gasteiger partial charge in [-0.3, -0.25) is 15.0 Å². The number of rotatable bonds is 3. The molecule has 20 heavy (non-hydrogen) atoms. The molecule has 2 aliphatic heterocycles. The van der Waals surface area contributed by atoms with Gasteiger partial charge in [-0.05, 0) is 25.1 Å². The van der Waals surface area contributed by atoms with Crippen molar-refractivity contribution in [2.45, 2.75) is 12.5 Å². The topological polar surface area (TPSA) is 61.7 Å². The average Bonchev–Trinajstić information content (AvgIpc) is 3.02. The van der Waals surface area contributed by atoms with Crippen molar-refractivity contribution in [1.82, 2.24) is 10.2 Å². The smallest absolute Gasteiger partial charge is 0.269 e. The molecule has 0 amide bonds. The van der Waals surface area contributed by atoms with Gasteiger partial charge in [0.2, 0.25) is 0 Å². The van der Waals surface area contributed by atoms with E-state index < -0.39 is 0 Å². The van der Waals surface area contributed by atoms with Gasteiger partial charge in [0, 0.05) is 56.6 Å². The zero-order valence-corrected chi connectivity index (χ0v) is 11.5. The second-order valence-electron chi connectivity index (χ2n) is 5.44. The van der Waals surface area contributed by atoms with Crippen LogP contribution < -0.4 is 10.2 Å². The van der Waals surface area contributed by atoms with Crippen molar-refractivity contribution in [1.29, 1.82) is 0 Å². The van der Waals surface area contributed by atoms with Crippen LogP contribution in [0.25, 0.3) is 0 Å². The van der Waals surface area contributed by atoms with Gasteiger partial charge in [0.05, 0.1) is 4.92 Å². The Balaban J connectivity index is 1.58. The van der Waals surface area contributed by atoms with E-state index in [1.807, 2.05) is 12.1 Å². The lowest BCUT2D eigenvalue weighted by Gasteiger charge is -2.38. The van der Waals surface area contributed by atoms with Crippen molar-refractivity contribution in [2.75, 3.05) is 44.2 Å². The summed E-state index contributed by atoms with van der Waals surface area (Å²) in [6.45, 7) is 6.38. The van der Waals surface area contributed by atoms with Gasteiger partial charge in [0.25, 0.3) is 5.69 Å². The minimum Gasteiger partial charge on any atom is -0.369 e. The number of nitro benzene ring substituents is 1. The van der Waals surface area contributed by atoms with Crippen molar-refractivity contribution in [3.05, 3.63) is 34.4 Å². The van der Waals surface area contributed by atoms with Crippen LogP contribution in [0.15, 0.2) is 24.3 Å². The van der Waals surface area contributed by atoms with Crippen molar-refractivity contribution in [3.8, 4) is 0 Å². The highest BCUT2D eigenvalue weighted by molar-refractivity contribution is 5.51. The quantitative estimate of drug-likeness (QED) is 0.661. The van der Waals surface area contributed by atoms with Crippen LogP contribution in [0, 0.1) is 10.1 Å². The van der Waals surface area contributed by atoms with E-state index in [1.165, 1.54) is 6.42 Å². The van der Waals surface area contributed by atoms with E-state index in [9.17, 15) is 10.1 Å². The second-order valence-corrected chi connectivity index (χ2v) is 5.44. The van der Waals surface area contributed by atoms with Gasteiger partial charge < -0.3 is 10.2 Å². The summed E-state index contributed by atoms with van der Waals surface area (Å²) in [6, 6.07) is 7.56. The van der Waals surface area contributed by atoms with E-state index in [-0.39, 0.29) is 10.6 Å². The fourth-order valence-corrected chi connectivity index (χ4v) is 3.08. The third-order valence-electron chi connectivity index (χ3n) is 4.29. The molecule has 2 heterocycles. The molecular weight excluding hydrogens is 256 g/mol. The Morgan fingerprint density at radius 1 is 1.15 bits per heavy atom. The van der Waals surface area contributed by atoms with Crippen LogP contribution in [0.3, 0.4) is 0 Å². The second kappa shape index (κ2) is 5.76. The molecule has 0 bridgehead atoms. The molecule has 0 saturated carbocycles. The molecule has 0 spiro atoms. The van der Waals surface area contributed by atoms with E-state index in [0.717, 1.165) is 45.0 Å². The maximum Gasteiger partial charge on any atom is 0.269 e. The standard InChI is InChI=1S/C14H20N4O2/c19-18(20)13-3-1-12(2-4-13)16-7-9-17(10-8-16)14-5-6-15-11-14/h1-4,14-15H,5-11H2. The molecule has 6 nitrogen and oxygen atoms in total. The maximum absolute atomic E-state index is 10.7. The predicted octanol–water partition coefficient (Wildman–Crippen LogP) is 1.08. The summed E-state index contributed by atoms with van der Waals surface area (Å²) in [5.74, 6) is 0. The lowest BCUT2D eigenvalue weighted by atomic mass is 10.1. The molecule has 6 heteroatoms. The van der Waals surface area contributed by atoms with Gasteiger partial charge in [-0.2, -0.15) is 0 Å². The van der Waals surface area contributed by atoms with Gasteiger partial charge in [-0.15, -0.1) is 0 Å². The Kier molecular flexibility index (Phi) is 3.84. The first-order valence-electron chi connectivity index (χ1n) is 7.18. The van der Waals surface area contributed by atoms with Gasteiger partial charge in [0.15, 0.2) is 0 Å². The van der Waals surface area contributed by atoms with E-state index >= 15 is 0 Å². The number of nitro groups is 1. The van der Waals surface area contributed by atoms with E-state index in [4.69, 9.17) is 0 Å². The molecule has 2 aliphatic rings. The summed E-state index contributed by atoms with van der Waals surface area (Å²) in [5, 5.41) is 14.1. The lowest BCUT2D eigenvalue weighted by Crippen LogP contribution is -2.51. The highest BCUT2D eigenvalue weighted by atomic mass is 16.6. The minimum atomic E-state index is -0.352. The number of hydrogen-bond donors (Lipinski definition) is 1. The fourth-order valence-electron chi connectivity index (χ4n) is 3.08. The third kappa shape index (κ3) is 2.76. The number of non-ortho nitro benzene ring substituents is 1. The average molecular weight is 276 g/mol. The number of benzene rings is 1. The van der Waals surface area contributed by atoms with Gasteiger partial charge in [-0.25, -0.2) is 0 Å². The molecule has 1 unspecified atom stereocenters. The molecule has 0 aliphatic carbocycles. The summed E-state index contributed by atoms with van der Waals surface area (Å²) in [5.41, 5.74) is 1.24. The van der Waals surface area contributed by atoms with Crippen molar-refractivity contribution >= 4 is 11.4 Å². The molecular formula is C14H20N4O2. The SMILES string of the molecule is O=[N+]([O-])c1ccc(N2CCN(C3CCNC3)CC2)cc1. The Morgan fingerprint density at radius 2 is 1.85 bits per heavy atom. The minimum absolute atomic E-state index is 0.157. The molecule has 108 valence electrons. The first-order valence-corrected chi connectivity index (χ1v) is 7.18. The summed E-state index contributed by atoms with van der Waals surface area (Å²) in [4.78, 5) is 15.2. The predicted molar refractivity (Wildman–Crippen MR) is 78.2 cm³/mol. The van der Waals surface area contributed by atoms with Gasteiger partial charge in [-0.1, -0.05) is 0 Å². The highest BCUT2D eigenvalue weighted by Crippen LogP contribution is 2.21. The summed E-state index contributed by atoms with van der Waals surface area (Å²) in [6.07, 6.45) is 1.25. The van der Waals surface area contributed by atoms with Crippen molar-refractivity contribution < 1.29 is 4.92 Å². The van der Waals surface area contributed by atoms with Crippen LogP contribution in [-0.2, 0) is 0 Å². The molecule has 1 aromatic carbocycles. The molecule has 2 fully saturated rings.